The number of benzene rings is 2. The third kappa shape index (κ3) is 4.20. The predicted octanol–water partition coefficient (Wildman–Crippen LogP) is 3.68. The van der Waals surface area contributed by atoms with Gasteiger partial charge in [-0.1, -0.05) is 51.5 Å². The molecule has 4 rings (SSSR count). The average Bonchev–Trinajstić information content (AvgIpc) is 3.10. The summed E-state index contributed by atoms with van der Waals surface area (Å²) in [6, 6.07) is 14.5. The van der Waals surface area contributed by atoms with E-state index in [1.807, 2.05) is 54.6 Å². The third-order valence-corrected chi connectivity index (χ3v) is 6.65. The van der Waals surface area contributed by atoms with Crippen LogP contribution in [0.4, 0.5) is 0 Å². The molecule has 0 aliphatic carbocycles. The molecule has 0 amide bonds. The van der Waals surface area contributed by atoms with Crippen LogP contribution in [0, 0.1) is 0 Å². The van der Waals surface area contributed by atoms with Gasteiger partial charge in [-0.3, -0.25) is 9.36 Å². The van der Waals surface area contributed by atoms with Gasteiger partial charge in [0.05, 0.1) is 23.8 Å². The summed E-state index contributed by atoms with van der Waals surface area (Å²) in [4.78, 5) is 31.4. The van der Waals surface area contributed by atoms with Crippen LogP contribution in [0.1, 0.15) is 31.0 Å². The van der Waals surface area contributed by atoms with E-state index >= 15 is 0 Å². The Labute approximate surface area is 197 Å². The smallest absolute Gasteiger partial charge is 0.338 e. The van der Waals surface area contributed by atoms with Gasteiger partial charge in [0, 0.05) is 10.2 Å². The highest BCUT2D eigenvalue weighted by atomic mass is 79.9. The molecule has 2 heterocycles. The first-order chi connectivity index (χ1) is 15.4. The molecule has 3 aromatic rings. The van der Waals surface area contributed by atoms with Crippen LogP contribution in [-0.4, -0.2) is 24.3 Å². The van der Waals surface area contributed by atoms with Gasteiger partial charge in [0.1, 0.15) is 11.8 Å². The molecule has 0 N–H and O–H groups in total. The lowest BCUT2D eigenvalue weighted by atomic mass is 9.96. The SMILES string of the molecule is CCOC(=O)C1=C(C)n2c(s/c(=C\c3ccc(Br)cc3)c2=O)=N[C@H]1c1ccc(OC)cc1. The number of hydrogen-bond acceptors (Lipinski definition) is 6. The number of carbonyl (C=O) groups is 1. The number of rotatable bonds is 5. The maximum absolute atomic E-state index is 13.2. The van der Waals surface area contributed by atoms with Crippen molar-refractivity contribution < 1.29 is 14.3 Å². The van der Waals surface area contributed by atoms with Gasteiger partial charge in [-0.25, -0.2) is 9.79 Å². The Morgan fingerprint density at radius 1 is 1.19 bits per heavy atom. The van der Waals surface area contributed by atoms with E-state index in [4.69, 9.17) is 14.5 Å². The Hall–Kier alpha value is -2.97. The summed E-state index contributed by atoms with van der Waals surface area (Å²) in [6.07, 6.45) is 1.83. The largest absolute Gasteiger partial charge is 0.497 e. The molecule has 0 fully saturated rings. The molecule has 2 aromatic carbocycles. The summed E-state index contributed by atoms with van der Waals surface area (Å²) in [5, 5.41) is 0. The lowest BCUT2D eigenvalue weighted by Gasteiger charge is -2.22. The first-order valence-corrected chi connectivity index (χ1v) is 11.6. The van der Waals surface area contributed by atoms with E-state index in [1.54, 1.807) is 21.0 Å². The number of ether oxygens (including phenoxy) is 2. The van der Waals surface area contributed by atoms with Crippen molar-refractivity contribution in [1.29, 1.82) is 0 Å². The topological polar surface area (TPSA) is 69.9 Å². The predicted molar refractivity (Wildman–Crippen MR) is 128 cm³/mol. The second kappa shape index (κ2) is 9.26. The zero-order valence-electron chi connectivity index (χ0n) is 17.8. The molecule has 32 heavy (non-hydrogen) atoms. The number of hydrogen-bond donors (Lipinski definition) is 0. The quantitative estimate of drug-likeness (QED) is 0.489. The Morgan fingerprint density at radius 3 is 2.50 bits per heavy atom. The van der Waals surface area contributed by atoms with Crippen molar-refractivity contribution in [3.63, 3.8) is 0 Å². The Kier molecular flexibility index (Phi) is 6.43. The second-order valence-electron chi connectivity index (χ2n) is 7.11. The van der Waals surface area contributed by atoms with Crippen LogP contribution in [0.5, 0.6) is 5.75 Å². The highest BCUT2D eigenvalue weighted by Gasteiger charge is 2.31. The van der Waals surface area contributed by atoms with E-state index in [9.17, 15) is 9.59 Å². The normalized spacial score (nSPS) is 15.9. The van der Waals surface area contributed by atoms with Crippen LogP contribution in [-0.2, 0) is 9.53 Å². The number of methoxy groups -OCH3 is 1. The van der Waals surface area contributed by atoms with Crippen LogP contribution in [0.15, 0.2) is 68.4 Å². The van der Waals surface area contributed by atoms with Crippen molar-refractivity contribution in [2.24, 2.45) is 4.99 Å². The Balaban J connectivity index is 1.91. The first-order valence-electron chi connectivity index (χ1n) is 10.0. The summed E-state index contributed by atoms with van der Waals surface area (Å²) < 4.78 is 13.6. The summed E-state index contributed by atoms with van der Waals surface area (Å²) in [7, 11) is 1.60. The third-order valence-electron chi connectivity index (χ3n) is 5.14. The monoisotopic (exact) mass is 512 g/mol. The number of fused-ring (bicyclic) bond motifs is 1. The molecule has 8 heteroatoms. The molecule has 1 aliphatic heterocycles. The second-order valence-corrected chi connectivity index (χ2v) is 9.03. The van der Waals surface area contributed by atoms with Crippen LogP contribution in [0.3, 0.4) is 0 Å². The van der Waals surface area contributed by atoms with Gasteiger partial charge >= 0.3 is 5.97 Å². The number of esters is 1. The summed E-state index contributed by atoms with van der Waals surface area (Å²) in [6.45, 7) is 3.75. The molecule has 0 bridgehead atoms. The lowest BCUT2D eigenvalue weighted by molar-refractivity contribution is -0.138. The van der Waals surface area contributed by atoms with Crippen LogP contribution < -0.4 is 19.6 Å². The maximum Gasteiger partial charge on any atom is 0.338 e. The van der Waals surface area contributed by atoms with Gasteiger partial charge in [0.25, 0.3) is 5.56 Å². The standard InChI is InChI=1S/C24H21BrN2O4S/c1-4-31-23(29)20-14(2)27-22(28)19(13-15-5-9-17(25)10-6-15)32-24(27)26-21(20)16-7-11-18(30-3)12-8-16/h5-13,21H,4H2,1-3H3/b19-13-/t21-/m0/s1. The zero-order valence-corrected chi connectivity index (χ0v) is 20.2. The number of thiazole rings is 1. The Morgan fingerprint density at radius 2 is 1.88 bits per heavy atom. The highest BCUT2D eigenvalue weighted by molar-refractivity contribution is 9.10. The molecule has 1 aliphatic rings. The van der Waals surface area contributed by atoms with Crippen molar-refractivity contribution in [3.8, 4) is 5.75 Å². The molecule has 0 spiro atoms. The molecular weight excluding hydrogens is 492 g/mol. The average molecular weight is 513 g/mol. The molecule has 0 saturated heterocycles. The van der Waals surface area contributed by atoms with E-state index in [1.165, 1.54) is 15.9 Å². The van der Waals surface area contributed by atoms with E-state index in [0.717, 1.165) is 15.6 Å². The van der Waals surface area contributed by atoms with E-state index in [0.29, 0.717) is 26.4 Å². The summed E-state index contributed by atoms with van der Waals surface area (Å²) >= 11 is 4.72. The molecule has 6 nitrogen and oxygen atoms in total. The minimum Gasteiger partial charge on any atom is -0.497 e. The highest BCUT2D eigenvalue weighted by Crippen LogP contribution is 2.33. The lowest BCUT2D eigenvalue weighted by Crippen LogP contribution is -2.35. The van der Waals surface area contributed by atoms with Crippen molar-refractivity contribution >= 4 is 45.0 Å². The van der Waals surface area contributed by atoms with E-state index < -0.39 is 12.0 Å². The van der Waals surface area contributed by atoms with E-state index in [-0.39, 0.29) is 12.2 Å². The van der Waals surface area contributed by atoms with Gasteiger partial charge < -0.3 is 9.47 Å². The van der Waals surface area contributed by atoms with Crippen molar-refractivity contribution in [1.82, 2.24) is 4.57 Å². The fraction of sp³-hybridized carbons (Fsp3) is 0.208. The Bertz CT molecular complexity index is 1370. The van der Waals surface area contributed by atoms with Gasteiger partial charge in [-0.05, 0) is 55.3 Å². The molecular formula is C24H21BrN2O4S. The van der Waals surface area contributed by atoms with Gasteiger partial charge in [-0.15, -0.1) is 0 Å². The maximum atomic E-state index is 13.2. The molecule has 0 saturated carbocycles. The van der Waals surface area contributed by atoms with Gasteiger partial charge in [0.15, 0.2) is 4.80 Å². The van der Waals surface area contributed by atoms with Crippen molar-refractivity contribution in [2.45, 2.75) is 19.9 Å². The van der Waals surface area contributed by atoms with Gasteiger partial charge in [0.2, 0.25) is 0 Å². The fourth-order valence-electron chi connectivity index (χ4n) is 3.56. The number of allylic oxidation sites excluding steroid dienone is 1. The van der Waals surface area contributed by atoms with Crippen LogP contribution >= 0.6 is 27.3 Å². The summed E-state index contributed by atoms with van der Waals surface area (Å²) in [5.41, 5.74) is 2.41. The number of nitrogens with zero attached hydrogens (tertiary/aromatic N) is 2. The number of carbonyl (C=O) groups excluding carboxylic acids is 1. The van der Waals surface area contributed by atoms with Crippen molar-refractivity contribution in [2.75, 3.05) is 13.7 Å². The molecule has 0 radical (unpaired) electrons. The zero-order chi connectivity index (χ0) is 22.8. The van der Waals surface area contributed by atoms with E-state index in [2.05, 4.69) is 15.9 Å². The van der Waals surface area contributed by atoms with Crippen molar-refractivity contribution in [3.05, 3.63) is 89.4 Å². The van der Waals surface area contributed by atoms with Gasteiger partial charge in [-0.2, -0.15) is 0 Å². The molecule has 1 aromatic heterocycles. The number of aromatic nitrogens is 1. The minimum absolute atomic E-state index is 0.204. The first kappa shape index (κ1) is 22.2. The summed E-state index contributed by atoms with van der Waals surface area (Å²) in [5.74, 6) is 0.235. The molecule has 0 unspecified atom stereocenters. The molecule has 164 valence electrons. The fourth-order valence-corrected chi connectivity index (χ4v) is 4.86. The number of halogens is 1. The van der Waals surface area contributed by atoms with Crippen LogP contribution in [0.2, 0.25) is 0 Å². The van der Waals surface area contributed by atoms with Crippen LogP contribution in [0.25, 0.3) is 11.8 Å². The minimum atomic E-state index is -0.571. The molecule has 1 atom stereocenters.